The molecule has 0 heterocycles. The lowest BCUT2D eigenvalue weighted by Gasteiger charge is -1.98. The maximum atomic E-state index is 9.62. The Labute approximate surface area is 42.1 Å². The van der Waals surface area contributed by atoms with Crippen LogP contribution in [0.5, 0.6) is 0 Å². The highest BCUT2D eigenvalue weighted by Crippen LogP contribution is 2.34. The molecule has 0 rings (SSSR count). The quantitative estimate of drug-likeness (QED) is 0.372. The first kappa shape index (κ1) is 7.17. The van der Waals surface area contributed by atoms with Crippen LogP contribution in [0.25, 0.3) is 0 Å². The largest absolute Gasteiger partial charge is 0.468 e. The highest BCUT2D eigenvalue weighted by molar-refractivity contribution is 7.46. The number of hydrogen-bond acceptors (Lipinski definition) is 2. The minimum absolute atomic E-state index is 0.454. The molecule has 0 fully saturated rings. The summed E-state index contributed by atoms with van der Waals surface area (Å²) in [6.45, 7) is -0.454. The molecule has 0 aliphatic rings. The van der Waals surface area contributed by atoms with Crippen LogP contribution in [-0.2, 0) is 9.09 Å². The van der Waals surface area contributed by atoms with Crippen LogP contribution in [0.3, 0.4) is 0 Å². The topological polar surface area (TPSA) is 66.8 Å². The van der Waals surface area contributed by atoms with Gasteiger partial charge < -0.3 is 9.79 Å². The Balaban J connectivity index is 3.36. The van der Waals surface area contributed by atoms with Crippen molar-refractivity contribution >= 4 is 15.7 Å². The first-order valence-electron chi connectivity index (χ1n) is 1.46. The van der Waals surface area contributed by atoms with E-state index in [2.05, 4.69) is 12.4 Å². The first-order valence-corrected chi connectivity index (χ1v) is 2.99. The van der Waals surface area contributed by atoms with E-state index in [1.807, 2.05) is 0 Å². The number of rotatable bonds is 2. The Morgan fingerprint density at radius 3 is 2.14 bits per heavy atom. The molecule has 2 N–H and O–H groups in total. The third kappa shape index (κ3) is 6.17. The highest BCUT2D eigenvalue weighted by Gasteiger charge is 2.09. The smallest absolute Gasteiger partial charge is 0.303 e. The van der Waals surface area contributed by atoms with E-state index in [9.17, 15) is 4.57 Å². The van der Waals surface area contributed by atoms with Crippen LogP contribution in [0.2, 0.25) is 0 Å². The van der Waals surface area contributed by atoms with E-state index in [1.54, 1.807) is 0 Å². The average Bonchev–Trinajstić information content (AvgIpc) is 1.30. The summed E-state index contributed by atoms with van der Waals surface area (Å²) in [5, 5.41) is 0. The van der Waals surface area contributed by atoms with Gasteiger partial charge in [0.15, 0.2) is 0 Å². The Kier molecular flexibility index (Phi) is 2.54. The fourth-order valence-corrected chi connectivity index (χ4v) is 0.291. The van der Waals surface area contributed by atoms with Crippen LogP contribution in [0.4, 0.5) is 0 Å². The van der Waals surface area contributed by atoms with Gasteiger partial charge in [0.25, 0.3) is 0 Å². The predicted octanol–water partition coefficient (Wildman–Crippen LogP) is -0.778. The molecule has 0 aliphatic heterocycles. The van der Waals surface area contributed by atoms with Gasteiger partial charge in [-0.1, -0.05) is 0 Å². The number of phosphoric acid groups is 1. The maximum absolute atomic E-state index is 9.62. The average molecular weight is 122 g/mol. The van der Waals surface area contributed by atoms with Gasteiger partial charge in [-0.25, -0.2) is 4.57 Å². The molecule has 0 unspecified atom stereocenters. The van der Waals surface area contributed by atoms with Gasteiger partial charge in [-0.05, 0) is 0 Å². The van der Waals surface area contributed by atoms with Gasteiger partial charge >= 0.3 is 7.82 Å². The van der Waals surface area contributed by atoms with Crippen molar-refractivity contribution in [1.29, 1.82) is 0 Å². The van der Waals surface area contributed by atoms with Gasteiger partial charge in [-0.2, -0.15) is 0 Å². The molecule has 0 saturated heterocycles. The van der Waals surface area contributed by atoms with E-state index < -0.39 is 14.3 Å². The molecule has 7 heavy (non-hydrogen) atoms. The lowest BCUT2D eigenvalue weighted by molar-refractivity contribution is 0.225. The lowest BCUT2D eigenvalue weighted by Crippen LogP contribution is -1.88. The molecule has 6 heteroatoms. The van der Waals surface area contributed by atoms with Crippen molar-refractivity contribution in [2.24, 2.45) is 0 Å². The SMILES string of the molecule is [B]COP(=O)(O)O. The second-order valence-electron chi connectivity index (χ2n) is 0.786. The van der Waals surface area contributed by atoms with E-state index in [0.717, 1.165) is 0 Å². The second-order valence-corrected chi connectivity index (χ2v) is 2.03. The zero-order chi connectivity index (χ0) is 5.91. The molecule has 0 atom stereocenters. The first-order chi connectivity index (χ1) is 3.06. The van der Waals surface area contributed by atoms with Gasteiger partial charge in [0.05, 0.1) is 0 Å². The Morgan fingerprint density at radius 2 is 2.14 bits per heavy atom. The highest BCUT2D eigenvalue weighted by atomic mass is 31.2. The van der Waals surface area contributed by atoms with E-state index in [-0.39, 0.29) is 0 Å². The van der Waals surface area contributed by atoms with Crippen molar-refractivity contribution in [3.8, 4) is 0 Å². The van der Waals surface area contributed by atoms with Crippen molar-refractivity contribution in [2.75, 3.05) is 6.51 Å². The standard InChI is InChI=1S/CH4BO4P/c2-1-6-7(3,4)5/h1H2,(H2,3,4,5). The normalized spacial score (nSPS) is 11.7. The number of phosphoric ester groups is 1. The second kappa shape index (κ2) is 2.47. The Morgan fingerprint density at radius 1 is 1.71 bits per heavy atom. The van der Waals surface area contributed by atoms with Crippen LogP contribution in [0, 0.1) is 0 Å². The predicted molar refractivity (Wildman–Crippen MR) is 23.8 cm³/mol. The molecule has 0 aliphatic carbocycles. The van der Waals surface area contributed by atoms with Crippen molar-refractivity contribution in [1.82, 2.24) is 0 Å². The monoisotopic (exact) mass is 122 g/mol. The van der Waals surface area contributed by atoms with Crippen molar-refractivity contribution in [3.63, 3.8) is 0 Å². The van der Waals surface area contributed by atoms with Crippen LogP contribution < -0.4 is 0 Å². The molecule has 0 aromatic carbocycles. The Hall–Kier alpha value is 0.175. The fourth-order valence-electron chi connectivity index (χ4n) is 0.0971. The molecular formula is CH4BO4P. The summed E-state index contributed by atoms with van der Waals surface area (Å²) in [4.78, 5) is 15.7. The van der Waals surface area contributed by atoms with E-state index in [1.165, 1.54) is 0 Å². The minimum Gasteiger partial charge on any atom is -0.303 e. The molecule has 40 valence electrons. The van der Waals surface area contributed by atoms with Crippen molar-refractivity contribution in [2.45, 2.75) is 0 Å². The Bertz CT molecular complexity index is 85.7. The third-order valence-corrected chi connectivity index (χ3v) is 0.728. The van der Waals surface area contributed by atoms with Crippen LogP contribution in [0.15, 0.2) is 0 Å². The van der Waals surface area contributed by atoms with E-state index in [4.69, 9.17) is 9.79 Å². The molecule has 0 spiro atoms. The zero-order valence-corrected chi connectivity index (χ0v) is 4.34. The van der Waals surface area contributed by atoms with Crippen molar-refractivity contribution in [3.05, 3.63) is 0 Å². The lowest BCUT2D eigenvalue weighted by atomic mass is 10.2. The molecule has 0 aromatic rings. The van der Waals surface area contributed by atoms with Gasteiger partial charge in [0.2, 0.25) is 0 Å². The van der Waals surface area contributed by atoms with E-state index >= 15 is 0 Å². The number of hydrogen-bond donors (Lipinski definition) is 2. The third-order valence-electron chi connectivity index (χ3n) is 0.243. The van der Waals surface area contributed by atoms with Gasteiger partial charge in [-0.15, -0.1) is 0 Å². The summed E-state index contributed by atoms with van der Waals surface area (Å²) in [5.74, 6) is 0. The van der Waals surface area contributed by atoms with Gasteiger partial charge in [0.1, 0.15) is 7.85 Å². The summed E-state index contributed by atoms with van der Waals surface area (Å²) in [6.07, 6.45) is 0. The summed E-state index contributed by atoms with van der Waals surface area (Å²) in [7, 11) is 0.310. The van der Waals surface area contributed by atoms with Crippen LogP contribution in [-0.4, -0.2) is 24.1 Å². The van der Waals surface area contributed by atoms with Crippen LogP contribution in [0.1, 0.15) is 0 Å². The maximum Gasteiger partial charge on any atom is 0.468 e. The minimum atomic E-state index is -4.29. The molecule has 4 nitrogen and oxygen atoms in total. The molecule has 2 radical (unpaired) electrons. The summed E-state index contributed by atoms with van der Waals surface area (Å²) in [6, 6.07) is 0. The zero-order valence-electron chi connectivity index (χ0n) is 3.44. The van der Waals surface area contributed by atoms with E-state index in [0.29, 0.717) is 0 Å². The summed E-state index contributed by atoms with van der Waals surface area (Å²) < 4.78 is 13.3. The molecular weight excluding hydrogens is 118 g/mol. The fraction of sp³-hybridized carbons (Fsp3) is 1.00. The molecule has 0 aromatic heterocycles. The summed E-state index contributed by atoms with van der Waals surface area (Å²) >= 11 is 0. The molecule has 0 bridgehead atoms. The van der Waals surface area contributed by atoms with Crippen LogP contribution >= 0.6 is 7.82 Å². The summed E-state index contributed by atoms with van der Waals surface area (Å²) in [5.41, 5.74) is 0. The van der Waals surface area contributed by atoms with Gasteiger partial charge in [-0.3, -0.25) is 4.52 Å². The van der Waals surface area contributed by atoms with Crippen molar-refractivity contribution < 1.29 is 18.9 Å². The van der Waals surface area contributed by atoms with Gasteiger partial charge in [0, 0.05) is 6.51 Å². The molecule has 0 saturated carbocycles. The molecule has 0 amide bonds.